The largest absolute Gasteiger partial charge is 0.175 e. The Balaban J connectivity index is 2.20. The van der Waals surface area contributed by atoms with E-state index >= 15 is 0 Å². The van der Waals surface area contributed by atoms with E-state index in [0.29, 0.717) is 0 Å². The first-order chi connectivity index (χ1) is 8.76. The summed E-state index contributed by atoms with van der Waals surface area (Å²) in [5, 5.41) is 2.40. The molecule has 0 saturated heterocycles. The molecule has 2 unspecified atom stereocenters. The van der Waals surface area contributed by atoms with Gasteiger partial charge in [-0.3, -0.25) is 0 Å². The topological polar surface area (TPSA) is 12.0 Å². The summed E-state index contributed by atoms with van der Waals surface area (Å²) in [5.74, 6) is 1.68. The Kier molecular flexibility index (Phi) is 5.25. The Hall–Kier alpha value is -0.340. The highest BCUT2D eigenvalue weighted by Crippen LogP contribution is 2.40. The van der Waals surface area contributed by atoms with Crippen LogP contribution in [0.4, 0.5) is 0 Å². The van der Waals surface area contributed by atoms with Gasteiger partial charge < -0.3 is 0 Å². The molecular weight excluding hydrogens is 238 g/mol. The summed E-state index contributed by atoms with van der Waals surface area (Å²) >= 11 is 0. The molecule has 1 saturated carbocycles. The van der Waals surface area contributed by atoms with Gasteiger partial charge in [-0.1, -0.05) is 39.5 Å². The number of thiophene rings is 1. The van der Waals surface area contributed by atoms with Crippen molar-refractivity contribution in [1.29, 1.82) is 0 Å². The zero-order valence-electron chi connectivity index (χ0n) is 12.2. The van der Waals surface area contributed by atoms with E-state index in [1.807, 2.05) is 0 Å². The van der Waals surface area contributed by atoms with Gasteiger partial charge in [0.05, 0.1) is 10.7 Å². The molecule has 0 amide bonds. The molecule has 0 radical (unpaired) electrons. The van der Waals surface area contributed by atoms with Gasteiger partial charge in [0.2, 0.25) is 0 Å². The molecule has 0 bridgehead atoms. The van der Waals surface area contributed by atoms with E-state index < -0.39 is 0 Å². The van der Waals surface area contributed by atoms with Crippen LogP contribution in [0.25, 0.3) is 0 Å². The van der Waals surface area contributed by atoms with Crippen LogP contribution in [0, 0.1) is 5.92 Å². The van der Waals surface area contributed by atoms with Crippen LogP contribution in [0.5, 0.6) is 0 Å². The first-order valence-electron chi connectivity index (χ1n) is 7.58. The van der Waals surface area contributed by atoms with Crippen LogP contribution < -0.4 is 4.72 Å². The van der Waals surface area contributed by atoms with Gasteiger partial charge in [-0.25, -0.2) is 0 Å². The second-order valence-corrected chi connectivity index (χ2v) is 7.62. The third-order valence-electron chi connectivity index (χ3n) is 4.47. The van der Waals surface area contributed by atoms with Crippen LogP contribution in [0.3, 0.4) is 0 Å². The van der Waals surface area contributed by atoms with Crippen LogP contribution in [0.1, 0.15) is 68.7 Å². The van der Waals surface area contributed by atoms with Crippen molar-refractivity contribution in [3.05, 3.63) is 21.9 Å². The lowest BCUT2D eigenvalue weighted by atomic mass is 9.83. The summed E-state index contributed by atoms with van der Waals surface area (Å²) in [6, 6.07) is 2.44. The van der Waals surface area contributed by atoms with Crippen LogP contribution in [0.15, 0.2) is 11.4 Å². The predicted molar refractivity (Wildman–Crippen MR) is 83.2 cm³/mol. The molecule has 1 aromatic heterocycles. The highest BCUT2D eigenvalue weighted by molar-refractivity contribution is 7.31. The molecule has 2 heteroatoms. The Morgan fingerprint density at radius 3 is 2.67 bits per heavy atom. The fourth-order valence-corrected chi connectivity index (χ4v) is 4.86. The molecule has 1 aliphatic rings. The third-order valence-corrected chi connectivity index (χ3v) is 6.25. The molecule has 2 rings (SSSR count). The second kappa shape index (κ2) is 6.72. The molecule has 1 fully saturated rings. The molecule has 1 N–H and O–H groups in total. The Morgan fingerprint density at radius 1 is 1.33 bits per heavy atom. The minimum Gasteiger partial charge on any atom is -0.121 e. The number of hydrogen-bond acceptors (Lipinski definition) is 1. The number of rotatable bonds is 5. The number of hydrogen-bond donors (Lipinski definition) is 1. The number of nitrogens with one attached hydrogen (secondary N) is 1. The smallest absolute Gasteiger partial charge is 0.121 e. The predicted octanol–water partition coefficient (Wildman–Crippen LogP) is 5.25. The first kappa shape index (κ1) is 14.1. The summed E-state index contributed by atoms with van der Waals surface area (Å²) in [4.78, 5) is 1.72. The van der Waals surface area contributed by atoms with Crippen molar-refractivity contribution in [3.63, 3.8) is 0 Å². The third kappa shape index (κ3) is 3.16. The Labute approximate surface area is 115 Å². The molecule has 1 heterocycles. The van der Waals surface area contributed by atoms with Gasteiger partial charge in [0.25, 0.3) is 0 Å². The Morgan fingerprint density at radius 2 is 2.06 bits per heavy atom. The summed E-state index contributed by atoms with van der Waals surface area (Å²) in [6.07, 6.45) is 9.75. The summed E-state index contributed by atoms with van der Waals surface area (Å²) in [6.45, 7) is 4.70. The van der Waals surface area contributed by atoms with Gasteiger partial charge in [-0.15, -0.1) is 4.72 Å². The van der Waals surface area contributed by atoms with E-state index in [1.165, 1.54) is 44.9 Å². The lowest BCUT2D eigenvalue weighted by Crippen LogP contribution is -2.08. The van der Waals surface area contributed by atoms with Gasteiger partial charge >= 0.3 is 0 Å². The monoisotopic (exact) mass is 266 g/mol. The first-order valence-corrected chi connectivity index (χ1v) is 8.86. The van der Waals surface area contributed by atoms with Crippen molar-refractivity contribution >= 4 is 10.7 Å². The fraction of sp³-hybridized carbons (Fsp3) is 0.750. The summed E-state index contributed by atoms with van der Waals surface area (Å²) in [7, 11) is 2.33. The van der Waals surface area contributed by atoms with Crippen molar-refractivity contribution in [3.8, 4) is 0 Å². The second-order valence-electron chi connectivity index (χ2n) is 5.78. The lowest BCUT2D eigenvalue weighted by molar-refractivity contribution is 0.440. The molecule has 0 aromatic carbocycles. The van der Waals surface area contributed by atoms with Gasteiger partial charge in [0.1, 0.15) is 0 Å². The minimum absolute atomic E-state index is 0.223. The molecule has 1 nitrogen and oxygen atoms in total. The van der Waals surface area contributed by atoms with Crippen LogP contribution in [-0.2, 0) is 6.42 Å². The lowest BCUT2D eigenvalue weighted by Gasteiger charge is -2.21. The zero-order valence-corrected chi connectivity index (χ0v) is 13.0. The maximum atomic E-state index is 3.50. The zero-order chi connectivity index (χ0) is 13.0. The van der Waals surface area contributed by atoms with Crippen LogP contribution >= 0.6 is 10.7 Å². The van der Waals surface area contributed by atoms with E-state index in [0.717, 1.165) is 11.8 Å². The van der Waals surface area contributed by atoms with Gasteiger partial charge in [-0.05, 0) is 24.7 Å². The van der Waals surface area contributed by atoms with Crippen LogP contribution in [-0.4, -0.2) is 7.05 Å². The van der Waals surface area contributed by atoms with Gasteiger partial charge in [-0.2, -0.15) is 0 Å². The molecule has 1 aromatic rings. The van der Waals surface area contributed by atoms with Crippen molar-refractivity contribution in [1.82, 2.24) is 0 Å². The summed E-state index contributed by atoms with van der Waals surface area (Å²) < 4.78 is 3.50. The average molecular weight is 266 g/mol. The van der Waals surface area contributed by atoms with Crippen molar-refractivity contribution in [2.24, 2.45) is 5.92 Å². The van der Waals surface area contributed by atoms with Crippen molar-refractivity contribution < 1.29 is 0 Å². The molecule has 2 atom stereocenters. The Bertz CT molecular complexity index is 363. The van der Waals surface area contributed by atoms with Crippen molar-refractivity contribution in [2.75, 3.05) is 11.8 Å². The highest BCUT2D eigenvalue weighted by atomic mass is 32.2. The quantitative estimate of drug-likeness (QED) is 0.718. The molecular formula is C16H28NS+. The van der Waals surface area contributed by atoms with Crippen LogP contribution in [0.2, 0.25) is 0 Å². The summed E-state index contributed by atoms with van der Waals surface area (Å²) in [5.41, 5.74) is 1.70. The molecule has 102 valence electrons. The molecule has 1 aliphatic carbocycles. The fourth-order valence-electron chi connectivity index (χ4n) is 3.08. The van der Waals surface area contributed by atoms with E-state index in [9.17, 15) is 0 Å². The standard InChI is InChI=1S/C16H28NS/c1-4-13(2)12-16-15(10-11-18(16)17-3)14-8-6-5-7-9-14/h10-11,13-14,17H,4-9,12H2,1-3H3/q+1. The van der Waals surface area contributed by atoms with E-state index in [1.54, 1.807) is 10.4 Å². The normalized spacial score (nSPS) is 20.1. The van der Waals surface area contributed by atoms with Crippen molar-refractivity contribution in [2.45, 2.75) is 64.7 Å². The van der Waals surface area contributed by atoms with E-state index in [-0.39, 0.29) is 10.7 Å². The maximum absolute atomic E-state index is 3.50. The molecule has 0 aliphatic heterocycles. The average Bonchev–Trinajstić information content (AvgIpc) is 2.82. The SMILES string of the molecule is CCC(C)Cc1c(C2CCCCC2)cc[s+]1NC. The van der Waals surface area contributed by atoms with E-state index in [2.05, 4.69) is 37.1 Å². The van der Waals surface area contributed by atoms with Gasteiger partial charge in [0, 0.05) is 25.1 Å². The van der Waals surface area contributed by atoms with Gasteiger partial charge in [0.15, 0.2) is 10.3 Å². The molecule has 18 heavy (non-hydrogen) atoms. The molecule has 0 spiro atoms. The highest BCUT2D eigenvalue weighted by Gasteiger charge is 2.27. The minimum atomic E-state index is 0.223. The maximum Gasteiger partial charge on any atom is 0.175 e. The van der Waals surface area contributed by atoms with E-state index in [4.69, 9.17) is 0 Å².